The predicted octanol–water partition coefficient (Wildman–Crippen LogP) is 0.537. The van der Waals surface area contributed by atoms with E-state index in [0.717, 1.165) is 31.6 Å². The van der Waals surface area contributed by atoms with Crippen molar-refractivity contribution in [3.8, 4) is 0 Å². The predicted molar refractivity (Wildman–Crippen MR) is 63.3 cm³/mol. The number of ether oxygens (including phenoxy) is 2. The second-order valence-corrected chi connectivity index (χ2v) is 4.74. The van der Waals surface area contributed by atoms with Crippen LogP contribution in [-0.4, -0.2) is 57.1 Å². The Labute approximate surface area is 98.3 Å². The molecule has 0 aromatic rings. The molecule has 0 aliphatic carbocycles. The molecule has 0 saturated carbocycles. The summed E-state index contributed by atoms with van der Waals surface area (Å²) in [6.07, 6.45) is -0.0400. The van der Waals surface area contributed by atoms with Gasteiger partial charge in [0.2, 0.25) is 0 Å². The van der Waals surface area contributed by atoms with Crippen LogP contribution in [-0.2, 0) is 9.47 Å². The molecule has 2 aliphatic rings. The summed E-state index contributed by atoms with van der Waals surface area (Å²) in [5.74, 6) is 1.70. The summed E-state index contributed by atoms with van der Waals surface area (Å²) in [5.41, 5.74) is 0. The van der Waals surface area contributed by atoms with Gasteiger partial charge >= 0.3 is 0 Å². The third-order valence-corrected chi connectivity index (χ3v) is 3.58. The Morgan fingerprint density at radius 1 is 1.12 bits per heavy atom. The minimum absolute atomic E-state index is 0.0400. The van der Waals surface area contributed by atoms with Crippen molar-refractivity contribution in [1.29, 1.82) is 0 Å². The molecule has 2 saturated heterocycles. The molecule has 2 aliphatic heterocycles. The molecule has 16 heavy (non-hydrogen) atoms. The molecule has 2 heterocycles. The third kappa shape index (κ3) is 2.94. The maximum atomic E-state index is 5.59. The van der Waals surface area contributed by atoms with E-state index in [0.29, 0.717) is 0 Å². The molecule has 0 spiro atoms. The molecule has 0 aromatic heterocycles. The summed E-state index contributed by atoms with van der Waals surface area (Å²) in [6, 6.07) is 0. The van der Waals surface area contributed by atoms with Gasteiger partial charge in [0.15, 0.2) is 6.29 Å². The number of hydrogen-bond acceptors (Lipinski definition) is 4. The molecule has 4 heteroatoms. The maximum Gasteiger partial charge on any atom is 0.170 e. The quantitative estimate of drug-likeness (QED) is 0.673. The molecular formula is C12H24N2O2. The van der Waals surface area contributed by atoms with E-state index in [1.165, 1.54) is 26.2 Å². The minimum atomic E-state index is -0.0400. The number of likely N-dealkylation sites (tertiary alicyclic amines) is 1. The number of fused-ring (bicyclic) bond motifs is 1. The van der Waals surface area contributed by atoms with Crippen molar-refractivity contribution >= 4 is 0 Å². The van der Waals surface area contributed by atoms with Crippen LogP contribution in [0.15, 0.2) is 0 Å². The molecule has 94 valence electrons. The summed E-state index contributed by atoms with van der Waals surface area (Å²) in [7, 11) is 0. The zero-order chi connectivity index (χ0) is 11.4. The Hall–Kier alpha value is -0.160. The van der Waals surface area contributed by atoms with Crippen molar-refractivity contribution in [3.05, 3.63) is 0 Å². The van der Waals surface area contributed by atoms with Gasteiger partial charge in [0.25, 0.3) is 0 Å². The van der Waals surface area contributed by atoms with Crippen molar-refractivity contribution in [1.82, 2.24) is 10.2 Å². The lowest BCUT2D eigenvalue weighted by atomic mass is 10.0. The average molecular weight is 228 g/mol. The Balaban J connectivity index is 1.75. The van der Waals surface area contributed by atoms with E-state index in [2.05, 4.69) is 10.2 Å². The molecule has 0 unspecified atom stereocenters. The van der Waals surface area contributed by atoms with Gasteiger partial charge in [0.05, 0.1) is 0 Å². The summed E-state index contributed by atoms with van der Waals surface area (Å²) < 4.78 is 11.2. The largest absolute Gasteiger partial charge is 0.352 e. The standard InChI is InChI=1S/C12H24N2O2/c1-3-15-12(16-4-2)9-14-7-10-5-13-6-11(10)8-14/h10-13H,3-9H2,1-2H3/t10-,11+. The Morgan fingerprint density at radius 3 is 2.19 bits per heavy atom. The molecule has 0 amide bonds. The topological polar surface area (TPSA) is 33.7 Å². The number of nitrogens with one attached hydrogen (secondary N) is 1. The van der Waals surface area contributed by atoms with E-state index < -0.39 is 0 Å². The van der Waals surface area contributed by atoms with E-state index in [-0.39, 0.29) is 6.29 Å². The first-order valence-corrected chi connectivity index (χ1v) is 6.49. The Bertz CT molecular complexity index is 195. The van der Waals surface area contributed by atoms with E-state index in [1.54, 1.807) is 0 Å². The van der Waals surface area contributed by atoms with Gasteiger partial charge in [0, 0.05) is 32.8 Å². The van der Waals surface area contributed by atoms with Crippen molar-refractivity contribution < 1.29 is 9.47 Å². The van der Waals surface area contributed by atoms with Gasteiger partial charge in [-0.15, -0.1) is 0 Å². The third-order valence-electron chi connectivity index (χ3n) is 3.58. The van der Waals surface area contributed by atoms with Crippen molar-refractivity contribution in [2.45, 2.75) is 20.1 Å². The molecule has 4 nitrogen and oxygen atoms in total. The van der Waals surface area contributed by atoms with Crippen LogP contribution in [0.5, 0.6) is 0 Å². The van der Waals surface area contributed by atoms with Crippen molar-refractivity contribution in [3.63, 3.8) is 0 Å². The lowest BCUT2D eigenvalue weighted by Gasteiger charge is -2.24. The Kier molecular flexibility index (Phi) is 4.58. The van der Waals surface area contributed by atoms with E-state index >= 15 is 0 Å². The maximum absolute atomic E-state index is 5.59. The van der Waals surface area contributed by atoms with Crippen molar-refractivity contribution in [2.75, 3.05) is 45.9 Å². The zero-order valence-electron chi connectivity index (χ0n) is 10.4. The highest BCUT2D eigenvalue weighted by molar-refractivity contribution is 4.91. The van der Waals surface area contributed by atoms with Crippen LogP contribution in [0, 0.1) is 11.8 Å². The highest BCUT2D eigenvalue weighted by atomic mass is 16.7. The highest BCUT2D eigenvalue weighted by Crippen LogP contribution is 2.26. The molecule has 2 fully saturated rings. The first-order valence-electron chi connectivity index (χ1n) is 6.49. The van der Waals surface area contributed by atoms with E-state index in [9.17, 15) is 0 Å². The van der Waals surface area contributed by atoms with Crippen LogP contribution < -0.4 is 5.32 Å². The van der Waals surface area contributed by atoms with Gasteiger partial charge in [-0.05, 0) is 38.8 Å². The monoisotopic (exact) mass is 228 g/mol. The average Bonchev–Trinajstić information content (AvgIpc) is 2.78. The zero-order valence-corrected chi connectivity index (χ0v) is 10.4. The van der Waals surface area contributed by atoms with Gasteiger partial charge < -0.3 is 14.8 Å². The second kappa shape index (κ2) is 5.96. The normalized spacial score (nSPS) is 30.2. The molecule has 0 radical (unpaired) electrons. The molecular weight excluding hydrogens is 204 g/mol. The van der Waals surface area contributed by atoms with Crippen LogP contribution in [0.1, 0.15) is 13.8 Å². The minimum Gasteiger partial charge on any atom is -0.352 e. The van der Waals surface area contributed by atoms with E-state index in [1.807, 2.05) is 13.8 Å². The van der Waals surface area contributed by atoms with Crippen LogP contribution in [0.4, 0.5) is 0 Å². The molecule has 0 bridgehead atoms. The summed E-state index contributed by atoms with van der Waals surface area (Å²) in [5, 5.41) is 3.46. The van der Waals surface area contributed by atoms with Crippen LogP contribution in [0.3, 0.4) is 0 Å². The Morgan fingerprint density at radius 2 is 1.69 bits per heavy atom. The molecule has 0 aromatic carbocycles. The van der Waals surface area contributed by atoms with Gasteiger partial charge in [0.1, 0.15) is 0 Å². The van der Waals surface area contributed by atoms with Crippen LogP contribution >= 0.6 is 0 Å². The summed E-state index contributed by atoms with van der Waals surface area (Å²) in [4.78, 5) is 2.49. The lowest BCUT2D eigenvalue weighted by Crippen LogP contribution is -2.36. The number of nitrogens with zero attached hydrogens (tertiary/aromatic N) is 1. The number of rotatable bonds is 6. The van der Waals surface area contributed by atoms with E-state index in [4.69, 9.17) is 9.47 Å². The highest BCUT2D eigenvalue weighted by Gasteiger charge is 2.36. The van der Waals surface area contributed by atoms with Gasteiger partial charge in [-0.2, -0.15) is 0 Å². The smallest absolute Gasteiger partial charge is 0.170 e. The van der Waals surface area contributed by atoms with Crippen LogP contribution in [0.2, 0.25) is 0 Å². The number of hydrogen-bond donors (Lipinski definition) is 1. The van der Waals surface area contributed by atoms with Gasteiger partial charge in [-0.25, -0.2) is 0 Å². The fraction of sp³-hybridized carbons (Fsp3) is 1.00. The fourth-order valence-electron chi connectivity index (χ4n) is 2.84. The first kappa shape index (κ1) is 12.3. The molecule has 1 N–H and O–H groups in total. The van der Waals surface area contributed by atoms with Gasteiger partial charge in [-0.1, -0.05) is 0 Å². The SMILES string of the molecule is CCOC(CN1C[C@H]2CNC[C@H]2C1)OCC. The molecule has 2 rings (SSSR count). The van der Waals surface area contributed by atoms with Crippen molar-refractivity contribution in [2.24, 2.45) is 11.8 Å². The first-order chi connectivity index (χ1) is 7.83. The summed E-state index contributed by atoms with van der Waals surface area (Å²) in [6.45, 7) is 11.2. The summed E-state index contributed by atoms with van der Waals surface area (Å²) >= 11 is 0. The van der Waals surface area contributed by atoms with Gasteiger partial charge in [-0.3, -0.25) is 4.90 Å². The second-order valence-electron chi connectivity index (χ2n) is 4.74. The fourth-order valence-corrected chi connectivity index (χ4v) is 2.84. The lowest BCUT2D eigenvalue weighted by molar-refractivity contribution is -0.145. The van der Waals surface area contributed by atoms with Crippen LogP contribution in [0.25, 0.3) is 0 Å². The molecule has 2 atom stereocenters.